The highest BCUT2D eigenvalue weighted by molar-refractivity contribution is 9.10. The maximum Gasteiger partial charge on any atom is 0.303 e. The molecule has 1 atom stereocenters. The summed E-state index contributed by atoms with van der Waals surface area (Å²) in [5, 5.41) is 9.09. The second-order valence-electron chi connectivity index (χ2n) is 4.85. The zero-order valence-corrected chi connectivity index (χ0v) is 12.2. The first kappa shape index (κ1) is 13.4. The predicted octanol–water partition coefficient (Wildman–Crippen LogP) is 3.73. The van der Waals surface area contributed by atoms with E-state index in [0.717, 1.165) is 34.2 Å². The van der Waals surface area contributed by atoms with Crippen LogP contribution >= 0.6 is 15.9 Å². The van der Waals surface area contributed by atoms with Gasteiger partial charge in [-0.2, -0.15) is 0 Å². The molecule has 1 saturated carbocycles. The zero-order valence-electron chi connectivity index (χ0n) is 10.6. The average molecular weight is 313 g/mol. The van der Waals surface area contributed by atoms with Crippen molar-refractivity contribution in [3.05, 3.63) is 27.7 Å². The average Bonchev–Trinajstić information content (AvgIpc) is 3.13. The van der Waals surface area contributed by atoms with Gasteiger partial charge in [0.05, 0.1) is 13.5 Å². The second-order valence-corrected chi connectivity index (χ2v) is 5.71. The van der Waals surface area contributed by atoms with Crippen LogP contribution in [0.3, 0.4) is 0 Å². The largest absolute Gasteiger partial charge is 0.496 e. The second kappa shape index (κ2) is 5.31. The van der Waals surface area contributed by atoms with E-state index >= 15 is 0 Å². The lowest BCUT2D eigenvalue weighted by molar-refractivity contribution is -0.137. The Balaban J connectivity index is 2.45. The molecule has 0 radical (unpaired) electrons. The van der Waals surface area contributed by atoms with E-state index in [2.05, 4.69) is 15.9 Å². The molecule has 4 heteroatoms. The van der Waals surface area contributed by atoms with E-state index in [1.165, 1.54) is 0 Å². The van der Waals surface area contributed by atoms with E-state index in [1.54, 1.807) is 7.11 Å². The summed E-state index contributed by atoms with van der Waals surface area (Å²) in [6.45, 7) is 1.99. The fourth-order valence-electron chi connectivity index (χ4n) is 2.49. The number of hydrogen-bond acceptors (Lipinski definition) is 2. The molecule has 0 bridgehead atoms. The highest BCUT2D eigenvalue weighted by Gasteiger charge is 2.36. The molecule has 1 N–H and O–H groups in total. The number of carboxylic acids is 1. The maximum absolute atomic E-state index is 11.1. The molecule has 0 heterocycles. The molecule has 0 aromatic heterocycles. The molecule has 0 spiro atoms. The zero-order chi connectivity index (χ0) is 13.3. The number of hydrogen-bond donors (Lipinski definition) is 1. The van der Waals surface area contributed by atoms with Crippen LogP contribution in [0.5, 0.6) is 5.75 Å². The number of benzene rings is 1. The number of carboxylic acid groups (broad SMARTS) is 1. The van der Waals surface area contributed by atoms with Crippen LogP contribution in [0.25, 0.3) is 0 Å². The fourth-order valence-corrected chi connectivity index (χ4v) is 3.10. The van der Waals surface area contributed by atoms with E-state index in [-0.39, 0.29) is 12.3 Å². The molecular formula is C14H17BrO3. The Kier molecular flexibility index (Phi) is 3.95. The summed E-state index contributed by atoms with van der Waals surface area (Å²) in [6.07, 6.45) is 2.39. The first-order valence-electron chi connectivity index (χ1n) is 6.09. The predicted molar refractivity (Wildman–Crippen MR) is 73.1 cm³/mol. The van der Waals surface area contributed by atoms with Gasteiger partial charge in [0.15, 0.2) is 0 Å². The molecule has 1 aromatic rings. The molecule has 1 unspecified atom stereocenters. The lowest BCUT2D eigenvalue weighted by atomic mass is 9.89. The molecule has 2 rings (SSSR count). The number of methoxy groups -OCH3 is 1. The van der Waals surface area contributed by atoms with Gasteiger partial charge in [0.1, 0.15) is 5.75 Å². The Bertz CT molecular complexity index is 466. The Morgan fingerprint density at radius 3 is 2.72 bits per heavy atom. The molecule has 18 heavy (non-hydrogen) atoms. The van der Waals surface area contributed by atoms with Crippen LogP contribution in [0.1, 0.15) is 36.3 Å². The van der Waals surface area contributed by atoms with Gasteiger partial charge in [-0.15, -0.1) is 0 Å². The number of rotatable bonds is 5. The van der Waals surface area contributed by atoms with Crippen LogP contribution in [0.4, 0.5) is 0 Å². The lowest BCUT2D eigenvalue weighted by Crippen LogP contribution is -2.11. The van der Waals surface area contributed by atoms with Gasteiger partial charge in [-0.1, -0.05) is 22.0 Å². The molecule has 0 saturated heterocycles. The third-order valence-electron chi connectivity index (χ3n) is 3.50. The summed E-state index contributed by atoms with van der Waals surface area (Å²) >= 11 is 3.54. The molecule has 1 aliphatic carbocycles. The Morgan fingerprint density at radius 2 is 2.22 bits per heavy atom. The SMILES string of the molecule is COc1c(C)ccc(Br)c1C(CC(=O)O)C1CC1. The van der Waals surface area contributed by atoms with Gasteiger partial charge in [0.25, 0.3) is 0 Å². The minimum atomic E-state index is -0.748. The Morgan fingerprint density at radius 1 is 1.56 bits per heavy atom. The van der Waals surface area contributed by atoms with Crippen LogP contribution in [-0.2, 0) is 4.79 Å². The van der Waals surface area contributed by atoms with Crippen LogP contribution in [0.2, 0.25) is 0 Å². The van der Waals surface area contributed by atoms with E-state index in [9.17, 15) is 4.79 Å². The van der Waals surface area contributed by atoms with Gasteiger partial charge in [-0.05, 0) is 37.3 Å². The van der Waals surface area contributed by atoms with E-state index in [4.69, 9.17) is 9.84 Å². The van der Waals surface area contributed by atoms with Crippen molar-refractivity contribution < 1.29 is 14.6 Å². The molecule has 0 aliphatic heterocycles. The molecule has 98 valence electrons. The summed E-state index contributed by atoms with van der Waals surface area (Å²) < 4.78 is 6.42. The minimum Gasteiger partial charge on any atom is -0.496 e. The molecule has 1 aromatic carbocycles. The van der Waals surface area contributed by atoms with Crippen LogP contribution < -0.4 is 4.74 Å². The van der Waals surface area contributed by atoms with E-state index < -0.39 is 5.97 Å². The number of halogens is 1. The highest BCUT2D eigenvalue weighted by Crippen LogP contribution is 2.49. The lowest BCUT2D eigenvalue weighted by Gasteiger charge is -2.21. The monoisotopic (exact) mass is 312 g/mol. The van der Waals surface area contributed by atoms with E-state index in [1.807, 2.05) is 19.1 Å². The van der Waals surface area contributed by atoms with Crippen molar-refractivity contribution in [2.75, 3.05) is 7.11 Å². The Hall–Kier alpha value is -1.03. The van der Waals surface area contributed by atoms with Gasteiger partial charge >= 0.3 is 5.97 Å². The van der Waals surface area contributed by atoms with Gasteiger partial charge < -0.3 is 9.84 Å². The van der Waals surface area contributed by atoms with Crippen molar-refractivity contribution in [2.24, 2.45) is 5.92 Å². The molecule has 1 aliphatic rings. The number of carbonyl (C=O) groups is 1. The van der Waals surface area contributed by atoms with Gasteiger partial charge in [-0.25, -0.2) is 0 Å². The topological polar surface area (TPSA) is 46.5 Å². The van der Waals surface area contributed by atoms with Crippen LogP contribution in [0.15, 0.2) is 16.6 Å². The normalized spacial score (nSPS) is 16.4. The van der Waals surface area contributed by atoms with Crippen LogP contribution in [-0.4, -0.2) is 18.2 Å². The summed E-state index contributed by atoms with van der Waals surface area (Å²) in [5.41, 5.74) is 2.06. The molecule has 1 fully saturated rings. The molecule has 0 amide bonds. The third kappa shape index (κ3) is 2.69. The third-order valence-corrected chi connectivity index (χ3v) is 4.19. The maximum atomic E-state index is 11.1. The summed E-state index contributed by atoms with van der Waals surface area (Å²) in [7, 11) is 1.64. The summed E-state index contributed by atoms with van der Waals surface area (Å²) in [5.74, 6) is 0.602. The number of aryl methyl sites for hydroxylation is 1. The first-order valence-corrected chi connectivity index (χ1v) is 6.88. The Labute approximate surface area is 115 Å². The van der Waals surface area contributed by atoms with Gasteiger partial charge in [-0.3, -0.25) is 4.79 Å². The quantitative estimate of drug-likeness (QED) is 0.901. The van der Waals surface area contributed by atoms with Crippen molar-refractivity contribution in [1.29, 1.82) is 0 Å². The fraction of sp³-hybridized carbons (Fsp3) is 0.500. The highest BCUT2D eigenvalue weighted by atomic mass is 79.9. The smallest absolute Gasteiger partial charge is 0.303 e. The van der Waals surface area contributed by atoms with Crippen molar-refractivity contribution in [1.82, 2.24) is 0 Å². The summed E-state index contributed by atoms with van der Waals surface area (Å²) in [6, 6.07) is 3.96. The number of aliphatic carboxylic acids is 1. The van der Waals surface area contributed by atoms with Gasteiger partial charge in [0, 0.05) is 16.0 Å². The number of ether oxygens (including phenoxy) is 1. The molecule has 3 nitrogen and oxygen atoms in total. The van der Waals surface area contributed by atoms with Crippen molar-refractivity contribution in [3.8, 4) is 5.75 Å². The van der Waals surface area contributed by atoms with Crippen molar-refractivity contribution >= 4 is 21.9 Å². The standard InChI is InChI=1S/C14H17BrO3/c1-8-3-6-11(15)13(14(8)18-2)10(7-12(16)17)9-4-5-9/h3,6,9-10H,4-5,7H2,1-2H3,(H,16,17). The van der Waals surface area contributed by atoms with Crippen molar-refractivity contribution in [2.45, 2.75) is 32.1 Å². The molecular weight excluding hydrogens is 296 g/mol. The van der Waals surface area contributed by atoms with E-state index in [0.29, 0.717) is 5.92 Å². The van der Waals surface area contributed by atoms with Crippen molar-refractivity contribution in [3.63, 3.8) is 0 Å². The first-order chi connectivity index (χ1) is 8.54. The van der Waals surface area contributed by atoms with Gasteiger partial charge in [0.2, 0.25) is 0 Å². The minimum absolute atomic E-state index is 0.0479. The summed E-state index contributed by atoms with van der Waals surface area (Å²) in [4.78, 5) is 11.1. The van der Waals surface area contributed by atoms with Crippen LogP contribution in [0, 0.1) is 12.8 Å².